The van der Waals surface area contributed by atoms with Crippen LogP contribution in [0, 0.1) is 0 Å². The Morgan fingerprint density at radius 1 is 1.67 bits per heavy atom. The van der Waals surface area contributed by atoms with Gasteiger partial charge in [0.15, 0.2) is 0 Å². The number of para-hydroxylation sites is 1. The number of fused-ring (bicyclic) bond motifs is 3. The second-order valence-electron chi connectivity index (χ2n) is 4.59. The Morgan fingerprint density at radius 2 is 2.44 bits per heavy atom. The van der Waals surface area contributed by atoms with E-state index in [0.717, 1.165) is 17.7 Å². The average molecular weight is 312 g/mol. The molecule has 1 aromatic carbocycles. The van der Waals surface area contributed by atoms with Gasteiger partial charge in [0.1, 0.15) is 6.17 Å². The molecule has 0 spiro atoms. The lowest BCUT2D eigenvalue weighted by molar-refractivity contribution is 0.121. The molecule has 2 aliphatic heterocycles. The van der Waals surface area contributed by atoms with Crippen molar-refractivity contribution in [3.63, 3.8) is 0 Å². The maximum atomic E-state index is 11.7. The molecule has 1 amide bonds. The topological polar surface area (TPSA) is 67.6 Å². The zero-order chi connectivity index (χ0) is 12.9. The van der Waals surface area contributed by atoms with Crippen molar-refractivity contribution < 1.29 is 9.53 Å². The van der Waals surface area contributed by atoms with Crippen LogP contribution in [0.5, 0.6) is 0 Å². The first-order valence-corrected chi connectivity index (χ1v) is 6.56. The van der Waals surface area contributed by atoms with Crippen molar-refractivity contribution in [2.24, 2.45) is 0 Å². The highest BCUT2D eigenvalue weighted by atomic mass is 79.9. The SMILES string of the molecule is COC(=O)N1CC[C@@]2(Br)c3cccc(N)c3N[C@@H]12. The van der Waals surface area contributed by atoms with Gasteiger partial charge in [-0.3, -0.25) is 4.90 Å². The van der Waals surface area contributed by atoms with E-state index in [4.69, 9.17) is 10.5 Å². The number of methoxy groups -OCH3 is 1. The van der Waals surface area contributed by atoms with Gasteiger partial charge in [-0.25, -0.2) is 4.79 Å². The van der Waals surface area contributed by atoms with Crippen LogP contribution in [0.2, 0.25) is 0 Å². The van der Waals surface area contributed by atoms with Crippen molar-refractivity contribution in [1.29, 1.82) is 0 Å². The molecular formula is C12H14BrN3O2. The Balaban J connectivity index is 2.04. The number of nitrogen functional groups attached to an aromatic ring is 1. The van der Waals surface area contributed by atoms with Gasteiger partial charge in [0.05, 0.1) is 22.8 Å². The first-order valence-electron chi connectivity index (χ1n) is 5.77. The number of likely N-dealkylation sites (tertiary alicyclic amines) is 1. The number of rotatable bonds is 0. The highest BCUT2D eigenvalue weighted by molar-refractivity contribution is 9.09. The molecule has 1 saturated heterocycles. The van der Waals surface area contributed by atoms with Crippen LogP contribution in [0.3, 0.4) is 0 Å². The molecule has 3 N–H and O–H groups in total. The van der Waals surface area contributed by atoms with E-state index in [1.165, 1.54) is 7.11 Å². The van der Waals surface area contributed by atoms with E-state index in [1.807, 2.05) is 18.2 Å². The van der Waals surface area contributed by atoms with Gasteiger partial charge in [-0.1, -0.05) is 28.1 Å². The van der Waals surface area contributed by atoms with Crippen molar-refractivity contribution in [2.45, 2.75) is 16.9 Å². The highest BCUT2D eigenvalue weighted by Gasteiger charge is 2.54. The molecule has 0 bridgehead atoms. The van der Waals surface area contributed by atoms with E-state index in [9.17, 15) is 4.79 Å². The zero-order valence-corrected chi connectivity index (χ0v) is 11.5. The third-order valence-electron chi connectivity index (χ3n) is 3.70. The number of hydrogen-bond acceptors (Lipinski definition) is 4. The molecule has 2 aliphatic rings. The maximum Gasteiger partial charge on any atom is 0.411 e. The summed E-state index contributed by atoms with van der Waals surface area (Å²) in [4.78, 5) is 13.4. The number of halogens is 1. The Bertz CT molecular complexity index is 522. The predicted molar refractivity (Wildman–Crippen MR) is 72.6 cm³/mol. The van der Waals surface area contributed by atoms with Gasteiger partial charge in [-0.05, 0) is 18.1 Å². The molecule has 3 rings (SSSR count). The molecule has 0 aromatic heterocycles. The number of nitrogens with zero attached hydrogens (tertiary/aromatic N) is 1. The van der Waals surface area contributed by atoms with Crippen LogP contribution in [-0.4, -0.2) is 30.8 Å². The number of amides is 1. The Hall–Kier alpha value is -1.43. The minimum atomic E-state index is -0.319. The first-order chi connectivity index (χ1) is 8.58. The number of anilines is 2. The fraction of sp³-hybridized carbons (Fsp3) is 0.417. The number of nitrogens with two attached hydrogens (primary N) is 1. The van der Waals surface area contributed by atoms with Crippen LogP contribution in [0.25, 0.3) is 0 Å². The van der Waals surface area contributed by atoms with Crippen LogP contribution in [0.1, 0.15) is 12.0 Å². The maximum absolute atomic E-state index is 11.7. The van der Waals surface area contributed by atoms with Crippen molar-refractivity contribution in [1.82, 2.24) is 4.90 Å². The number of nitrogens with one attached hydrogen (secondary N) is 1. The molecule has 2 heterocycles. The van der Waals surface area contributed by atoms with Gasteiger partial charge in [-0.2, -0.15) is 0 Å². The molecule has 2 atom stereocenters. The summed E-state index contributed by atoms with van der Waals surface area (Å²) in [7, 11) is 1.40. The lowest BCUT2D eigenvalue weighted by Gasteiger charge is -2.26. The Morgan fingerprint density at radius 3 is 3.17 bits per heavy atom. The standard InChI is InChI=1S/C12H14BrN3O2/c1-18-11(17)16-6-5-12(13)7-3-2-4-8(14)9(7)15-10(12)16/h2-4,10,15H,5-6,14H2,1H3/t10-,12+/m0/s1. The summed E-state index contributed by atoms with van der Waals surface area (Å²) in [5.41, 5.74) is 8.69. The van der Waals surface area contributed by atoms with E-state index < -0.39 is 0 Å². The van der Waals surface area contributed by atoms with Crippen LogP contribution >= 0.6 is 15.9 Å². The van der Waals surface area contributed by atoms with Crippen molar-refractivity contribution in [2.75, 3.05) is 24.7 Å². The second-order valence-corrected chi connectivity index (χ2v) is 6.01. The lowest BCUT2D eigenvalue weighted by Crippen LogP contribution is -2.43. The Kier molecular flexibility index (Phi) is 2.45. The number of benzene rings is 1. The molecule has 96 valence electrons. The summed E-state index contributed by atoms with van der Waals surface area (Å²) in [6, 6.07) is 5.82. The third-order valence-corrected chi connectivity index (χ3v) is 4.95. The summed E-state index contributed by atoms with van der Waals surface area (Å²) in [6.07, 6.45) is 0.362. The number of carbonyl (C=O) groups excluding carboxylic acids is 1. The van der Waals surface area contributed by atoms with Gasteiger partial charge in [-0.15, -0.1) is 0 Å². The van der Waals surface area contributed by atoms with E-state index >= 15 is 0 Å². The van der Waals surface area contributed by atoms with E-state index in [2.05, 4.69) is 21.2 Å². The van der Waals surface area contributed by atoms with E-state index in [1.54, 1.807) is 4.90 Å². The summed E-state index contributed by atoms with van der Waals surface area (Å²) in [6.45, 7) is 0.657. The number of carbonyl (C=O) groups is 1. The Labute approximate surface area is 113 Å². The van der Waals surface area contributed by atoms with Crippen LogP contribution in [0.4, 0.5) is 16.2 Å². The lowest BCUT2D eigenvalue weighted by atomic mass is 9.98. The molecule has 0 unspecified atom stereocenters. The predicted octanol–water partition coefficient (Wildman–Crippen LogP) is 2.08. The molecule has 5 nitrogen and oxygen atoms in total. The zero-order valence-electron chi connectivity index (χ0n) is 9.94. The molecule has 0 aliphatic carbocycles. The monoisotopic (exact) mass is 311 g/mol. The third kappa shape index (κ3) is 1.35. The van der Waals surface area contributed by atoms with Crippen molar-refractivity contribution >= 4 is 33.4 Å². The molecule has 1 aromatic rings. The van der Waals surface area contributed by atoms with Gasteiger partial charge < -0.3 is 15.8 Å². The molecule has 1 fully saturated rings. The largest absolute Gasteiger partial charge is 0.453 e. The van der Waals surface area contributed by atoms with Crippen LogP contribution in [-0.2, 0) is 9.06 Å². The van der Waals surface area contributed by atoms with Gasteiger partial charge in [0.2, 0.25) is 0 Å². The van der Waals surface area contributed by atoms with Crippen LogP contribution in [0.15, 0.2) is 18.2 Å². The normalized spacial score (nSPS) is 28.6. The first kappa shape index (κ1) is 11.6. The average Bonchev–Trinajstić information content (AvgIpc) is 2.83. The summed E-state index contributed by atoms with van der Waals surface area (Å²) in [5, 5.41) is 3.32. The van der Waals surface area contributed by atoms with Gasteiger partial charge in [0.25, 0.3) is 0 Å². The second kappa shape index (κ2) is 3.78. The minimum Gasteiger partial charge on any atom is -0.453 e. The highest BCUT2D eigenvalue weighted by Crippen LogP contribution is 2.54. The quantitative estimate of drug-likeness (QED) is 0.568. The fourth-order valence-electron chi connectivity index (χ4n) is 2.80. The molecule has 0 radical (unpaired) electrons. The molecular weight excluding hydrogens is 298 g/mol. The summed E-state index contributed by atoms with van der Waals surface area (Å²) in [5.74, 6) is 0. The molecule has 18 heavy (non-hydrogen) atoms. The molecule has 0 saturated carbocycles. The number of ether oxygens (including phenoxy) is 1. The number of alkyl halides is 1. The smallest absolute Gasteiger partial charge is 0.411 e. The van der Waals surface area contributed by atoms with Crippen LogP contribution < -0.4 is 11.1 Å². The van der Waals surface area contributed by atoms with Crippen molar-refractivity contribution in [3.05, 3.63) is 23.8 Å². The fourth-order valence-corrected chi connectivity index (χ4v) is 3.67. The van der Waals surface area contributed by atoms with Gasteiger partial charge >= 0.3 is 6.09 Å². The van der Waals surface area contributed by atoms with E-state index in [-0.39, 0.29) is 16.6 Å². The number of hydrogen-bond donors (Lipinski definition) is 2. The molecule has 6 heteroatoms. The summed E-state index contributed by atoms with van der Waals surface area (Å²) >= 11 is 3.78. The summed E-state index contributed by atoms with van der Waals surface area (Å²) < 4.78 is 4.54. The van der Waals surface area contributed by atoms with Gasteiger partial charge in [0, 0.05) is 6.54 Å². The van der Waals surface area contributed by atoms with E-state index in [0.29, 0.717) is 12.2 Å². The van der Waals surface area contributed by atoms with Crippen molar-refractivity contribution in [3.8, 4) is 0 Å². The minimum absolute atomic E-state index is 0.148.